The van der Waals surface area contributed by atoms with Gasteiger partial charge in [-0.2, -0.15) is 0 Å². The van der Waals surface area contributed by atoms with E-state index in [4.69, 9.17) is 13.6 Å². The third-order valence-electron chi connectivity index (χ3n) is 5.35. The zero-order valence-corrected chi connectivity index (χ0v) is 16.3. The number of halogens is 1. The van der Waals surface area contributed by atoms with Gasteiger partial charge in [0.2, 0.25) is 5.76 Å². The predicted octanol–water partition coefficient (Wildman–Crippen LogP) is 3.98. The molecule has 0 fully saturated rings. The summed E-state index contributed by atoms with van der Waals surface area (Å²) in [5, 5.41) is 10.0. The molecular weight excluding hydrogens is 405 g/mol. The molecule has 1 aliphatic heterocycles. The summed E-state index contributed by atoms with van der Waals surface area (Å²) in [6.07, 6.45) is 1.49. The molecule has 5 rings (SSSR count). The molecule has 1 amide bonds. The van der Waals surface area contributed by atoms with E-state index in [2.05, 4.69) is 0 Å². The number of furan rings is 1. The largest absolute Gasteiger partial charge is 0.504 e. The Balaban J connectivity index is 1.76. The number of carbonyl (C=O) groups excluding carboxylic acids is 1. The van der Waals surface area contributed by atoms with E-state index in [9.17, 15) is 19.1 Å². The Morgan fingerprint density at radius 2 is 2.00 bits per heavy atom. The SMILES string of the molecule is COc1cc([C@H]2c3c(oc4ccc(F)cc4c3=O)C(=O)N2Cc2ccco2)ccc1O. The summed E-state index contributed by atoms with van der Waals surface area (Å²) in [4.78, 5) is 28.1. The maximum atomic E-state index is 13.8. The third-order valence-corrected chi connectivity index (χ3v) is 5.35. The summed E-state index contributed by atoms with van der Waals surface area (Å²) in [5.41, 5.74) is 0.252. The maximum absolute atomic E-state index is 13.8. The van der Waals surface area contributed by atoms with Crippen LogP contribution in [0.25, 0.3) is 11.0 Å². The molecule has 0 radical (unpaired) electrons. The van der Waals surface area contributed by atoms with Crippen molar-refractivity contribution in [3.8, 4) is 11.5 Å². The van der Waals surface area contributed by atoms with Gasteiger partial charge in [0.05, 0.1) is 36.9 Å². The number of benzene rings is 2. The van der Waals surface area contributed by atoms with Gasteiger partial charge in [0.25, 0.3) is 5.91 Å². The van der Waals surface area contributed by atoms with Crippen molar-refractivity contribution in [3.63, 3.8) is 0 Å². The van der Waals surface area contributed by atoms with Gasteiger partial charge in [-0.05, 0) is 48.0 Å². The van der Waals surface area contributed by atoms with Crippen molar-refractivity contribution in [2.24, 2.45) is 0 Å². The number of fused-ring (bicyclic) bond motifs is 2. The van der Waals surface area contributed by atoms with E-state index in [1.54, 1.807) is 24.3 Å². The number of amides is 1. The Kier molecular flexibility index (Phi) is 4.28. The van der Waals surface area contributed by atoms with Crippen LogP contribution in [0.2, 0.25) is 0 Å². The number of nitrogens with zero attached hydrogens (tertiary/aromatic N) is 1. The molecule has 156 valence electrons. The summed E-state index contributed by atoms with van der Waals surface area (Å²) in [6, 6.07) is 10.7. The van der Waals surface area contributed by atoms with Crippen LogP contribution in [0.4, 0.5) is 4.39 Å². The standard InChI is InChI=1S/C23H16FNO6/c1-29-18-9-12(4-6-16(18)26)20-19-21(27)15-10-13(24)5-7-17(15)31-22(19)23(28)25(20)11-14-3-2-8-30-14/h2-10,20,26H,11H2,1H3/t20-/m0/s1. The molecular formula is C23H16FNO6. The number of hydrogen-bond acceptors (Lipinski definition) is 6. The predicted molar refractivity (Wildman–Crippen MR) is 108 cm³/mol. The van der Waals surface area contributed by atoms with Gasteiger partial charge in [-0.3, -0.25) is 9.59 Å². The minimum atomic E-state index is -0.842. The van der Waals surface area contributed by atoms with Gasteiger partial charge in [-0.1, -0.05) is 6.07 Å². The first kappa shape index (κ1) is 18.9. The van der Waals surface area contributed by atoms with Crippen molar-refractivity contribution in [1.82, 2.24) is 4.90 Å². The number of rotatable bonds is 4. The van der Waals surface area contributed by atoms with Crippen LogP contribution in [-0.2, 0) is 6.54 Å². The first-order valence-electron chi connectivity index (χ1n) is 9.44. The van der Waals surface area contributed by atoms with Crippen molar-refractivity contribution < 1.29 is 27.9 Å². The summed E-state index contributed by atoms with van der Waals surface area (Å²) in [6.45, 7) is 0.0774. The van der Waals surface area contributed by atoms with Gasteiger partial charge < -0.3 is 23.6 Å². The van der Waals surface area contributed by atoms with Crippen LogP contribution >= 0.6 is 0 Å². The van der Waals surface area contributed by atoms with Crippen LogP contribution < -0.4 is 10.2 Å². The van der Waals surface area contributed by atoms with E-state index in [1.807, 2.05) is 0 Å². The fourth-order valence-electron chi connectivity index (χ4n) is 3.94. The topological polar surface area (TPSA) is 93.1 Å². The van der Waals surface area contributed by atoms with E-state index in [0.717, 1.165) is 6.07 Å². The minimum Gasteiger partial charge on any atom is -0.504 e. The van der Waals surface area contributed by atoms with Gasteiger partial charge in [0.15, 0.2) is 16.9 Å². The lowest BCUT2D eigenvalue weighted by atomic mass is 9.98. The minimum absolute atomic E-state index is 0.0436. The molecule has 4 aromatic rings. The Labute approximate surface area is 174 Å². The van der Waals surface area contributed by atoms with E-state index in [0.29, 0.717) is 11.3 Å². The fraction of sp³-hybridized carbons (Fsp3) is 0.130. The average Bonchev–Trinajstić information content (AvgIpc) is 3.37. The number of aromatic hydroxyl groups is 1. The molecule has 31 heavy (non-hydrogen) atoms. The van der Waals surface area contributed by atoms with Gasteiger partial charge in [-0.25, -0.2) is 4.39 Å². The van der Waals surface area contributed by atoms with E-state index < -0.39 is 23.2 Å². The van der Waals surface area contributed by atoms with Crippen molar-refractivity contribution in [2.75, 3.05) is 7.11 Å². The highest BCUT2D eigenvalue weighted by molar-refractivity contribution is 5.99. The van der Waals surface area contributed by atoms with Crippen LogP contribution in [0.5, 0.6) is 11.5 Å². The molecule has 0 spiro atoms. The molecule has 0 aliphatic carbocycles. The molecule has 8 heteroatoms. The van der Waals surface area contributed by atoms with Crippen molar-refractivity contribution in [1.29, 1.82) is 0 Å². The molecule has 0 saturated carbocycles. The number of phenols is 1. The van der Waals surface area contributed by atoms with Crippen molar-refractivity contribution in [2.45, 2.75) is 12.6 Å². The second-order valence-electron chi connectivity index (χ2n) is 7.16. The smallest absolute Gasteiger partial charge is 0.291 e. The molecule has 1 aliphatic rings. The average molecular weight is 421 g/mol. The van der Waals surface area contributed by atoms with Gasteiger partial charge in [0.1, 0.15) is 17.2 Å². The van der Waals surface area contributed by atoms with Gasteiger partial charge >= 0.3 is 0 Å². The molecule has 1 N–H and O–H groups in total. The molecule has 1 atom stereocenters. The highest BCUT2D eigenvalue weighted by Crippen LogP contribution is 2.41. The van der Waals surface area contributed by atoms with Gasteiger partial charge in [-0.15, -0.1) is 0 Å². The fourth-order valence-corrected chi connectivity index (χ4v) is 3.94. The number of methoxy groups -OCH3 is 1. The molecule has 7 nitrogen and oxygen atoms in total. The van der Waals surface area contributed by atoms with Crippen molar-refractivity contribution in [3.05, 3.63) is 93.5 Å². The van der Waals surface area contributed by atoms with Crippen LogP contribution in [0.1, 0.15) is 33.5 Å². The monoisotopic (exact) mass is 421 g/mol. The molecule has 2 aromatic heterocycles. The lowest BCUT2D eigenvalue weighted by Crippen LogP contribution is -2.29. The summed E-state index contributed by atoms with van der Waals surface area (Å²) < 4.78 is 30.2. The number of ether oxygens (including phenoxy) is 1. The zero-order chi connectivity index (χ0) is 21.7. The number of carbonyl (C=O) groups is 1. The Morgan fingerprint density at radius 3 is 2.74 bits per heavy atom. The first-order valence-corrected chi connectivity index (χ1v) is 9.44. The molecule has 3 heterocycles. The van der Waals surface area contributed by atoms with E-state index >= 15 is 0 Å². The number of phenolic OH excluding ortho intramolecular Hbond substituents is 1. The zero-order valence-electron chi connectivity index (χ0n) is 16.3. The highest BCUT2D eigenvalue weighted by atomic mass is 19.1. The second kappa shape index (κ2) is 7.02. The van der Waals surface area contributed by atoms with Crippen LogP contribution in [0.3, 0.4) is 0 Å². The van der Waals surface area contributed by atoms with Gasteiger partial charge in [0, 0.05) is 0 Å². The Morgan fingerprint density at radius 1 is 1.16 bits per heavy atom. The third kappa shape index (κ3) is 2.95. The lowest BCUT2D eigenvalue weighted by molar-refractivity contribution is 0.0701. The summed E-state index contributed by atoms with van der Waals surface area (Å²) >= 11 is 0. The highest BCUT2D eigenvalue weighted by Gasteiger charge is 2.43. The summed E-state index contributed by atoms with van der Waals surface area (Å²) in [7, 11) is 1.40. The maximum Gasteiger partial charge on any atom is 0.291 e. The first-order chi connectivity index (χ1) is 15.0. The molecule has 2 aromatic carbocycles. The molecule has 0 saturated heterocycles. The Bertz CT molecular complexity index is 1380. The van der Waals surface area contributed by atoms with Crippen LogP contribution in [0.15, 0.2) is 68.4 Å². The quantitative estimate of drug-likeness (QED) is 0.536. The molecule has 0 bridgehead atoms. The van der Waals surface area contributed by atoms with E-state index in [-0.39, 0.29) is 40.3 Å². The van der Waals surface area contributed by atoms with Crippen LogP contribution in [-0.4, -0.2) is 23.0 Å². The number of hydrogen-bond donors (Lipinski definition) is 1. The van der Waals surface area contributed by atoms with Crippen LogP contribution in [0, 0.1) is 5.82 Å². The lowest BCUT2D eigenvalue weighted by Gasteiger charge is -2.24. The van der Waals surface area contributed by atoms with Crippen molar-refractivity contribution >= 4 is 16.9 Å². The Hall–Kier alpha value is -4.07. The second-order valence-corrected chi connectivity index (χ2v) is 7.16. The summed E-state index contributed by atoms with van der Waals surface area (Å²) in [5.74, 6) is -0.563. The normalized spacial score (nSPS) is 15.5. The van der Waals surface area contributed by atoms with E-state index in [1.165, 1.54) is 36.5 Å². The molecule has 0 unspecified atom stereocenters.